The molecular weight excluding hydrogens is 455 g/mol. The molecule has 0 bridgehead atoms. The largest absolute Gasteiger partial charge is 0.486 e. The minimum Gasteiger partial charge on any atom is -0.486 e. The molecule has 0 saturated carbocycles. The zero-order chi connectivity index (χ0) is 21.8. The summed E-state index contributed by atoms with van der Waals surface area (Å²) in [6.45, 7) is 2.15. The number of carbonyl (C=O) groups is 1. The van der Waals surface area contributed by atoms with Crippen LogP contribution in [0.5, 0.6) is 5.75 Å². The Morgan fingerprint density at radius 2 is 1.90 bits per heavy atom. The Balaban J connectivity index is 1.38. The summed E-state index contributed by atoms with van der Waals surface area (Å²) in [6, 6.07) is 18.3. The van der Waals surface area contributed by atoms with Crippen molar-refractivity contribution in [2.75, 3.05) is 5.32 Å². The highest BCUT2D eigenvalue weighted by Gasteiger charge is 2.16. The van der Waals surface area contributed by atoms with Crippen molar-refractivity contribution in [3.63, 3.8) is 0 Å². The molecule has 5 nitrogen and oxygen atoms in total. The second-order valence-corrected chi connectivity index (χ2v) is 8.67. The van der Waals surface area contributed by atoms with Crippen molar-refractivity contribution < 1.29 is 13.9 Å². The summed E-state index contributed by atoms with van der Waals surface area (Å²) in [5.41, 5.74) is 1.87. The van der Waals surface area contributed by atoms with Gasteiger partial charge in [-0.3, -0.25) is 10.1 Å². The standard InChI is InChI=1S/C23H18Cl2N2O3S/c1-14-21(12-15-7-9-18(24)19(25)11-15)31-23(26-14)27-22(28)20-10-8-17(30-20)13-29-16-5-3-2-4-6-16/h2-11H,12-13H2,1H3,(H,26,27,28). The Hall–Kier alpha value is -2.80. The number of nitrogens with zero attached hydrogens (tertiary/aromatic N) is 1. The minimum atomic E-state index is -0.360. The average Bonchev–Trinajstić information content (AvgIpc) is 3.37. The highest BCUT2D eigenvalue weighted by atomic mass is 35.5. The molecule has 1 N–H and O–H groups in total. The van der Waals surface area contributed by atoms with Crippen LogP contribution in [0.15, 0.2) is 65.1 Å². The van der Waals surface area contributed by atoms with E-state index in [4.69, 9.17) is 32.4 Å². The smallest absolute Gasteiger partial charge is 0.293 e. The molecule has 0 radical (unpaired) electrons. The second kappa shape index (κ2) is 9.56. The van der Waals surface area contributed by atoms with E-state index in [0.717, 1.165) is 21.9 Å². The number of carbonyl (C=O) groups excluding carboxylic acids is 1. The van der Waals surface area contributed by atoms with Gasteiger partial charge in [0.1, 0.15) is 18.1 Å². The minimum absolute atomic E-state index is 0.200. The highest BCUT2D eigenvalue weighted by molar-refractivity contribution is 7.15. The van der Waals surface area contributed by atoms with Crippen LogP contribution in [0.3, 0.4) is 0 Å². The number of aromatic nitrogens is 1. The zero-order valence-corrected chi connectivity index (χ0v) is 18.9. The summed E-state index contributed by atoms with van der Waals surface area (Å²) in [6.07, 6.45) is 0.651. The monoisotopic (exact) mass is 472 g/mol. The van der Waals surface area contributed by atoms with E-state index in [0.29, 0.717) is 27.4 Å². The molecule has 2 aromatic carbocycles. The Kier molecular flexibility index (Phi) is 6.61. The van der Waals surface area contributed by atoms with Crippen molar-refractivity contribution in [2.24, 2.45) is 0 Å². The van der Waals surface area contributed by atoms with Crippen molar-refractivity contribution in [3.8, 4) is 5.75 Å². The van der Waals surface area contributed by atoms with Gasteiger partial charge in [0, 0.05) is 11.3 Å². The Morgan fingerprint density at radius 1 is 1.10 bits per heavy atom. The van der Waals surface area contributed by atoms with Crippen LogP contribution in [0.25, 0.3) is 0 Å². The SMILES string of the molecule is Cc1nc(NC(=O)c2ccc(COc3ccccc3)o2)sc1Cc1ccc(Cl)c(Cl)c1. The molecule has 8 heteroatoms. The van der Waals surface area contributed by atoms with E-state index in [1.54, 1.807) is 18.2 Å². The van der Waals surface area contributed by atoms with Crippen LogP contribution in [0.1, 0.15) is 32.4 Å². The number of anilines is 1. The fourth-order valence-corrected chi connectivity index (χ4v) is 4.20. The number of rotatable bonds is 7. The van der Waals surface area contributed by atoms with E-state index in [9.17, 15) is 4.79 Å². The number of hydrogen-bond donors (Lipinski definition) is 1. The molecule has 31 heavy (non-hydrogen) atoms. The third-order valence-electron chi connectivity index (χ3n) is 4.47. The van der Waals surface area contributed by atoms with Crippen LogP contribution in [0.4, 0.5) is 5.13 Å². The lowest BCUT2D eigenvalue weighted by Gasteiger charge is -2.03. The lowest BCUT2D eigenvalue weighted by molar-refractivity contribution is 0.0992. The third-order valence-corrected chi connectivity index (χ3v) is 6.28. The summed E-state index contributed by atoms with van der Waals surface area (Å²) in [7, 11) is 0. The predicted octanol–water partition coefficient (Wildman–Crippen LogP) is 6.77. The van der Waals surface area contributed by atoms with Gasteiger partial charge >= 0.3 is 0 Å². The molecule has 4 aromatic rings. The molecule has 0 atom stereocenters. The number of ether oxygens (including phenoxy) is 1. The highest BCUT2D eigenvalue weighted by Crippen LogP contribution is 2.28. The Bertz CT molecular complexity index is 1200. The van der Waals surface area contributed by atoms with Crippen molar-refractivity contribution in [2.45, 2.75) is 20.0 Å². The van der Waals surface area contributed by atoms with Crippen LogP contribution in [0.2, 0.25) is 10.0 Å². The van der Waals surface area contributed by atoms with Crippen LogP contribution in [-0.4, -0.2) is 10.9 Å². The zero-order valence-electron chi connectivity index (χ0n) is 16.5. The topological polar surface area (TPSA) is 64.4 Å². The fraction of sp³-hybridized carbons (Fsp3) is 0.130. The first-order valence-corrected chi connectivity index (χ1v) is 11.0. The van der Waals surface area contributed by atoms with E-state index in [2.05, 4.69) is 10.3 Å². The number of benzene rings is 2. The first-order chi connectivity index (χ1) is 15.0. The van der Waals surface area contributed by atoms with E-state index >= 15 is 0 Å². The van der Waals surface area contributed by atoms with Crippen LogP contribution in [0, 0.1) is 6.92 Å². The van der Waals surface area contributed by atoms with E-state index in [1.165, 1.54) is 11.3 Å². The van der Waals surface area contributed by atoms with Crippen molar-refractivity contribution >= 4 is 45.6 Å². The average molecular weight is 473 g/mol. The van der Waals surface area contributed by atoms with Gasteiger partial charge in [0.2, 0.25) is 0 Å². The number of amides is 1. The van der Waals surface area contributed by atoms with Crippen molar-refractivity contribution in [3.05, 3.63) is 98.4 Å². The molecule has 0 aliphatic heterocycles. The molecule has 4 rings (SSSR count). The molecule has 2 aromatic heterocycles. The number of halogens is 2. The van der Waals surface area contributed by atoms with Crippen LogP contribution >= 0.6 is 34.5 Å². The second-order valence-electron chi connectivity index (χ2n) is 6.77. The van der Waals surface area contributed by atoms with Gasteiger partial charge in [0.25, 0.3) is 5.91 Å². The van der Waals surface area contributed by atoms with Gasteiger partial charge in [0.15, 0.2) is 10.9 Å². The molecule has 0 fully saturated rings. The number of hydrogen-bond acceptors (Lipinski definition) is 5. The normalized spacial score (nSPS) is 10.8. The lowest BCUT2D eigenvalue weighted by atomic mass is 10.1. The van der Waals surface area contributed by atoms with Gasteiger partial charge in [-0.2, -0.15) is 0 Å². The molecule has 0 aliphatic carbocycles. The summed E-state index contributed by atoms with van der Waals surface area (Å²) >= 11 is 13.5. The summed E-state index contributed by atoms with van der Waals surface area (Å²) in [5.74, 6) is 1.13. The lowest BCUT2D eigenvalue weighted by Crippen LogP contribution is -2.10. The maximum Gasteiger partial charge on any atom is 0.293 e. The molecular formula is C23H18Cl2N2O3S. The predicted molar refractivity (Wildman–Crippen MR) is 124 cm³/mol. The molecule has 0 aliphatic rings. The summed E-state index contributed by atoms with van der Waals surface area (Å²) in [4.78, 5) is 18.0. The number of furan rings is 1. The van der Waals surface area contributed by atoms with Gasteiger partial charge in [-0.25, -0.2) is 4.98 Å². The van der Waals surface area contributed by atoms with Gasteiger partial charge in [0.05, 0.1) is 15.7 Å². The molecule has 0 unspecified atom stereocenters. The van der Waals surface area contributed by atoms with E-state index < -0.39 is 0 Å². The Labute approximate surface area is 193 Å². The van der Waals surface area contributed by atoms with E-state index in [1.807, 2.05) is 49.4 Å². The number of aryl methyl sites for hydroxylation is 1. The van der Waals surface area contributed by atoms with E-state index in [-0.39, 0.29) is 18.3 Å². The first kappa shape index (κ1) is 21.4. The van der Waals surface area contributed by atoms with Gasteiger partial charge < -0.3 is 9.15 Å². The van der Waals surface area contributed by atoms with Crippen LogP contribution in [-0.2, 0) is 13.0 Å². The van der Waals surface area contributed by atoms with Crippen molar-refractivity contribution in [1.29, 1.82) is 0 Å². The number of thiazole rings is 1. The van der Waals surface area contributed by atoms with Gasteiger partial charge in [-0.05, 0) is 48.9 Å². The summed E-state index contributed by atoms with van der Waals surface area (Å²) in [5, 5.41) is 4.34. The van der Waals surface area contributed by atoms with Crippen molar-refractivity contribution in [1.82, 2.24) is 4.98 Å². The molecule has 2 heterocycles. The number of nitrogens with one attached hydrogen (secondary N) is 1. The molecule has 158 valence electrons. The molecule has 0 saturated heterocycles. The van der Waals surface area contributed by atoms with Gasteiger partial charge in [-0.15, -0.1) is 11.3 Å². The molecule has 1 amide bonds. The first-order valence-electron chi connectivity index (χ1n) is 9.46. The maximum atomic E-state index is 12.6. The quantitative estimate of drug-likeness (QED) is 0.322. The fourth-order valence-electron chi connectivity index (χ4n) is 2.89. The van der Waals surface area contributed by atoms with Crippen LogP contribution < -0.4 is 10.1 Å². The Morgan fingerprint density at radius 3 is 2.68 bits per heavy atom. The maximum absolute atomic E-state index is 12.6. The molecule has 0 spiro atoms. The summed E-state index contributed by atoms with van der Waals surface area (Å²) < 4.78 is 11.3. The number of para-hydroxylation sites is 1. The third kappa shape index (κ3) is 5.47. The van der Waals surface area contributed by atoms with Gasteiger partial charge in [-0.1, -0.05) is 47.5 Å².